The fourth-order valence-corrected chi connectivity index (χ4v) is 2.22. The summed E-state index contributed by atoms with van der Waals surface area (Å²) >= 11 is 0. The van der Waals surface area contributed by atoms with Crippen LogP contribution < -0.4 is 27.8 Å². The fraction of sp³-hybridized carbons (Fsp3) is 0.643. The number of alkyl carbamates (subject to hydrolysis) is 1. The second-order valence-electron chi connectivity index (χ2n) is 5.73. The topological polar surface area (TPSA) is 191 Å². The smallest absolute Gasteiger partial charge is 0.413 e. The quantitative estimate of drug-likeness (QED) is 0.185. The van der Waals surface area contributed by atoms with Crippen molar-refractivity contribution in [3.8, 4) is 0 Å². The molecule has 0 bridgehead atoms. The lowest BCUT2D eigenvalue weighted by atomic mass is 10.1. The normalized spacial score (nSPS) is 17.4. The number of hydrogen-bond acceptors (Lipinski definition) is 7. The number of likely N-dealkylation sites (N-methyl/N-ethyl adjacent to an activating group) is 1. The Morgan fingerprint density at radius 1 is 1.50 bits per heavy atom. The molecule has 1 aliphatic heterocycles. The van der Waals surface area contributed by atoms with Crippen LogP contribution in [-0.2, 0) is 14.3 Å². The number of nitrogens with two attached hydrogens (primary N) is 3. The zero-order valence-electron chi connectivity index (χ0n) is 14.9. The van der Waals surface area contributed by atoms with E-state index < -0.39 is 18.0 Å². The third-order valence-electron chi connectivity index (χ3n) is 3.70. The van der Waals surface area contributed by atoms with Crippen molar-refractivity contribution < 1.29 is 19.1 Å². The number of nitrogens with one attached hydrogen (secondary N) is 2. The molecule has 0 saturated heterocycles. The zero-order chi connectivity index (χ0) is 19.7. The monoisotopic (exact) mass is 370 g/mol. The summed E-state index contributed by atoms with van der Waals surface area (Å²) in [6, 6.07) is -1.15. The summed E-state index contributed by atoms with van der Waals surface area (Å²) in [5.41, 5.74) is 16.4. The van der Waals surface area contributed by atoms with E-state index in [-0.39, 0.29) is 36.8 Å². The minimum atomic E-state index is -0.778. The molecule has 0 saturated carbocycles. The van der Waals surface area contributed by atoms with E-state index in [1.165, 1.54) is 19.1 Å². The van der Waals surface area contributed by atoms with Crippen LogP contribution in [0.1, 0.15) is 19.3 Å². The van der Waals surface area contributed by atoms with Crippen LogP contribution in [0.4, 0.5) is 4.79 Å². The summed E-state index contributed by atoms with van der Waals surface area (Å²) in [6.07, 6.45) is 0.545. The molecule has 2 atom stereocenters. The molecule has 1 aliphatic rings. The van der Waals surface area contributed by atoms with E-state index in [1.54, 1.807) is 0 Å². The van der Waals surface area contributed by atoms with Gasteiger partial charge in [0.15, 0.2) is 5.96 Å². The third kappa shape index (κ3) is 6.93. The van der Waals surface area contributed by atoms with Crippen LogP contribution in [0.2, 0.25) is 0 Å². The van der Waals surface area contributed by atoms with E-state index in [0.717, 1.165) is 0 Å². The predicted octanol–water partition coefficient (Wildman–Crippen LogP) is -2.57. The van der Waals surface area contributed by atoms with Crippen molar-refractivity contribution in [2.24, 2.45) is 27.2 Å². The number of carbonyl (C=O) groups is 3. The summed E-state index contributed by atoms with van der Waals surface area (Å²) in [5.74, 6) is -0.739. The number of guanidine groups is 2. The van der Waals surface area contributed by atoms with E-state index in [0.29, 0.717) is 19.4 Å². The fourth-order valence-electron chi connectivity index (χ4n) is 2.22. The SMILES string of the molecule is COC(=O)NC1=NCC(N(C)C(=O)C[C@@H](N)CCCN=C(N)N)C(=O)N1. The molecular weight excluding hydrogens is 344 g/mol. The molecule has 0 fully saturated rings. The molecule has 0 aromatic heterocycles. The molecule has 1 rings (SSSR count). The molecule has 0 radical (unpaired) electrons. The summed E-state index contributed by atoms with van der Waals surface area (Å²) in [7, 11) is 2.70. The van der Waals surface area contributed by atoms with Gasteiger partial charge in [-0.15, -0.1) is 0 Å². The van der Waals surface area contributed by atoms with Crippen molar-refractivity contribution in [3.63, 3.8) is 0 Å². The maximum absolute atomic E-state index is 12.3. The van der Waals surface area contributed by atoms with E-state index >= 15 is 0 Å². The van der Waals surface area contributed by atoms with Gasteiger partial charge in [-0.3, -0.25) is 25.2 Å². The molecule has 146 valence electrons. The second kappa shape index (κ2) is 10.2. The largest absolute Gasteiger partial charge is 0.453 e. The summed E-state index contributed by atoms with van der Waals surface area (Å²) in [4.78, 5) is 44.7. The predicted molar refractivity (Wildman–Crippen MR) is 95.0 cm³/mol. The number of amides is 3. The molecule has 12 nitrogen and oxygen atoms in total. The first-order valence-corrected chi connectivity index (χ1v) is 8.01. The van der Waals surface area contributed by atoms with E-state index in [4.69, 9.17) is 17.2 Å². The molecule has 0 spiro atoms. The molecule has 1 unspecified atom stereocenters. The van der Waals surface area contributed by atoms with Crippen molar-refractivity contribution in [1.29, 1.82) is 0 Å². The van der Waals surface area contributed by atoms with Crippen LogP contribution >= 0.6 is 0 Å². The number of carbonyl (C=O) groups excluding carboxylic acids is 3. The van der Waals surface area contributed by atoms with Crippen LogP contribution in [0.3, 0.4) is 0 Å². The van der Waals surface area contributed by atoms with Gasteiger partial charge in [0, 0.05) is 26.1 Å². The molecule has 0 aromatic carbocycles. The molecule has 1 heterocycles. The van der Waals surface area contributed by atoms with Crippen molar-refractivity contribution >= 4 is 29.8 Å². The summed E-state index contributed by atoms with van der Waals surface area (Å²) in [6.45, 7) is 0.461. The molecule has 3 amide bonds. The van der Waals surface area contributed by atoms with Crippen molar-refractivity contribution in [2.75, 3.05) is 27.2 Å². The molecule has 0 aromatic rings. The molecule has 12 heteroatoms. The Morgan fingerprint density at radius 3 is 2.77 bits per heavy atom. The molecule has 0 aliphatic carbocycles. The average Bonchev–Trinajstić information content (AvgIpc) is 2.58. The third-order valence-corrected chi connectivity index (χ3v) is 3.70. The highest BCUT2D eigenvalue weighted by Crippen LogP contribution is 2.08. The van der Waals surface area contributed by atoms with Gasteiger partial charge in [-0.2, -0.15) is 0 Å². The lowest BCUT2D eigenvalue weighted by Crippen LogP contribution is -2.57. The number of ether oxygens (including phenoxy) is 1. The lowest BCUT2D eigenvalue weighted by molar-refractivity contribution is -0.138. The highest BCUT2D eigenvalue weighted by atomic mass is 16.5. The van der Waals surface area contributed by atoms with Crippen LogP contribution in [0.5, 0.6) is 0 Å². The Labute approximate surface area is 151 Å². The number of aliphatic imine (C=N–C) groups is 2. The van der Waals surface area contributed by atoms with Gasteiger partial charge in [-0.05, 0) is 12.8 Å². The summed E-state index contributed by atoms with van der Waals surface area (Å²) in [5, 5.41) is 4.67. The molecular formula is C14H26N8O4. The van der Waals surface area contributed by atoms with E-state index in [2.05, 4.69) is 25.4 Å². The van der Waals surface area contributed by atoms with Gasteiger partial charge in [0.2, 0.25) is 11.9 Å². The first-order valence-electron chi connectivity index (χ1n) is 8.01. The lowest BCUT2D eigenvalue weighted by Gasteiger charge is -2.30. The maximum Gasteiger partial charge on any atom is 0.413 e. The minimum absolute atomic E-state index is 0.0132. The molecule has 8 N–H and O–H groups in total. The number of hydrogen-bond donors (Lipinski definition) is 5. The zero-order valence-corrected chi connectivity index (χ0v) is 14.9. The Balaban J connectivity index is 2.49. The number of methoxy groups -OCH3 is 1. The van der Waals surface area contributed by atoms with Gasteiger partial charge in [-0.1, -0.05) is 0 Å². The van der Waals surface area contributed by atoms with Gasteiger partial charge in [0.05, 0.1) is 13.7 Å². The molecule has 26 heavy (non-hydrogen) atoms. The second-order valence-corrected chi connectivity index (χ2v) is 5.73. The highest BCUT2D eigenvalue weighted by Gasteiger charge is 2.31. The first-order chi connectivity index (χ1) is 12.2. The van der Waals surface area contributed by atoms with Crippen LogP contribution in [0.15, 0.2) is 9.98 Å². The van der Waals surface area contributed by atoms with Crippen molar-refractivity contribution in [2.45, 2.75) is 31.3 Å². The Morgan fingerprint density at radius 2 is 2.19 bits per heavy atom. The Kier molecular flexibility index (Phi) is 8.28. The first kappa shape index (κ1) is 21.2. The average molecular weight is 370 g/mol. The van der Waals surface area contributed by atoms with Gasteiger partial charge in [0.25, 0.3) is 5.91 Å². The van der Waals surface area contributed by atoms with E-state index in [9.17, 15) is 14.4 Å². The van der Waals surface area contributed by atoms with Crippen molar-refractivity contribution in [1.82, 2.24) is 15.5 Å². The standard InChI is InChI=1S/C14H26N8O4/c1-22(10(23)6-8(15)4-3-5-18-12(16)17)9-7-19-13(20-11(9)24)21-14(25)26-2/h8-9H,3-7,15H2,1-2H3,(H4,16,17,18)(H2,19,20,21,24,25)/t8-,9?/m0/s1. The van der Waals surface area contributed by atoms with Gasteiger partial charge < -0.3 is 26.8 Å². The summed E-state index contributed by atoms with van der Waals surface area (Å²) < 4.78 is 4.42. The van der Waals surface area contributed by atoms with Crippen molar-refractivity contribution in [3.05, 3.63) is 0 Å². The van der Waals surface area contributed by atoms with Crippen LogP contribution in [-0.4, -0.2) is 74.1 Å². The number of nitrogens with zero attached hydrogens (tertiary/aromatic N) is 3. The number of rotatable bonds is 7. The van der Waals surface area contributed by atoms with Gasteiger partial charge in [0.1, 0.15) is 6.04 Å². The van der Waals surface area contributed by atoms with Crippen LogP contribution in [0, 0.1) is 0 Å². The van der Waals surface area contributed by atoms with Gasteiger partial charge >= 0.3 is 6.09 Å². The maximum atomic E-state index is 12.3. The van der Waals surface area contributed by atoms with Crippen LogP contribution in [0.25, 0.3) is 0 Å². The highest BCUT2D eigenvalue weighted by molar-refractivity contribution is 6.06. The Bertz CT molecular complexity index is 587. The van der Waals surface area contributed by atoms with Gasteiger partial charge in [-0.25, -0.2) is 9.79 Å². The minimum Gasteiger partial charge on any atom is -0.453 e. The Hall–Kier alpha value is -2.89. The van der Waals surface area contributed by atoms with E-state index in [1.807, 2.05) is 0 Å².